The average Bonchev–Trinajstić information content (AvgIpc) is 3.37. The van der Waals surface area contributed by atoms with E-state index in [2.05, 4.69) is 18.8 Å². The zero-order chi connectivity index (χ0) is 24.9. The predicted octanol–water partition coefficient (Wildman–Crippen LogP) is 7.01. The van der Waals surface area contributed by atoms with Crippen LogP contribution in [0.2, 0.25) is 5.02 Å². The van der Waals surface area contributed by atoms with E-state index in [-0.39, 0.29) is 11.3 Å². The number of aromatic nitrogens is 1. The second kappa shape index (κ2) is 8.95. The molecule has 1 aromatic heterocycles. The normalized spacial score (nSPS) is 17.6. The minimum Gasteiger partial charge on any atom is -0.507 e. The standard InChI is InChI=1S/C28H23ClN2O3S/c1-15(2)17-5-7-18(8-6-17)24-23(25(32)19-9-11-20(29)12-10-19)26(33)27(34)31(24)28-30-21-13-4-16(3)14-22(21)35-28/h4-15,24,32H,1-3H3/t24-/m0/s1. The van der Waals surface area contributed by atoms with E-state index < -0.39 is 17.7 Å². The van der Waals surface area contributed by atoms with Crippen molar-refractivity contribution in [2.75, 3.05) is 4.90 Å². The van der Waals surface area contributed by atoms with Crippen molar-refractivity contribution in [2.24, 2.45) is 0 Å². The third-order valence-electron chi connectivity index (χ3n) is 6.22. The van der Waals surface area contributed by atoms with Gasteiger partial charge < -0.3 is 5.11 Å². The number of anilines is 1. The van der Waals surface area contributed by atoms with E-state index in [0.29, 0.717) is 21.6 Å². The fourth-order valence-corrected chi connectivity index (χ4v) is 5.51. The monoisotopic (exact) mass is 502 g/mol. The van der Waals surface area contributed by atoms with Gasteiger partial charge in [0.1, 0.15) is 5.76 Å². The highest BCUT2D eigenvalue weighted by atomic mass is 35.5. The molecule has 0 unspecified atom stereocenters. The number of aliphatic hydroxyl groups excluding tert-OH is 1. The van der Waals surface area contributed by atoms with Gasteiger partial charge in [0, 0.05) is 10.6 Å². The van der Waals surface area contributed by atoms with Crippen LogP contribution in [-0.2, 0) is 9.59 Å². The van der Waals surface area contributed by atoms with Crippen LogP contribution in [0.15, 0.2) is 72.3 Å². The fourth-order valence-electron chi connectivity index (χ4n) is 4.29. The largest absolute Gasteiger partial charge is 0.507 e. The van der Waals surface area contributed by atoms with E-state index >= 15 is 0 Å². The van der Waals surface area contributed by atoms with E-state index in [0.717, 1.165) is 26.9 Å². The van der Waals surface area contributed by atoms with Gasteiger partial charge in [-0.05, 0) is 65.9 Å². The van der Waals surface area contributed by atoms with Crippen LogP contribution in [0.4, 0.5) is 5.13 Å². The van der Waals surface area contributed by atoms with Crippen molar-refractivity contribution in [3.8, 4) is 0 Å². The number of Topliss-reactive ketones (excluding diaryl/α,β-unsaturated/α-hetero) is 1. The Balaban J connectivity index is 1.71. The second-order valence-corrected chi connectivity index (χ2v) is 10.4. The molecule has 1 fully saturated rings. The Morgan fingerprint density at radius 3 is 2.37 bits per heavy atom. The molecule has 0 bridgehead atoms. The number of carbonyl (C=O) groups is 2. The Kier molecular flexibility index (Phi) is 5.95. The summed E-state index contributed by atoms with van der Waals surface area (Å²) in [6, 6.07) is 19.4. The van der Waals surface area contributed by atoms with Gasteiger partial charge in [-0.1, -0.05) is 67.1 Å². The highest BCUT2D eigenvalue weighted by Crippen LogP contribution is 2.44. The first-order valence-electron chi connectivity index (χ1n) is 11.3. The number of hydrogen-bond donors (Lipinski definition) is 1. The van der Waals surface area contributed by atoms with Gasteiger partial charge in [-0.25, -0.2) is 4.98 Å². The SMILES string of the molecule is Cc1ccc2nc(N3C(=O)C(=O)C(=C(O)c4ccc(Cl)cc4)[C@@H]3c3ccc(C(C)C)cc3)sc2c1. The van der Waals surface area contributed by atoms with Gasteiger partial charge in [-0.15, -0.1) is 0 Å². The topological polar surface area (TPSA) is 70.5 Å². The van der Waals surface area contributed by atoms with E-state index in [4.69, 9.17) is 11.6 Å². The number of thiazole rings is 1. The molecule has 1 aliphatic rings. The third-order valence-corrected chi connectivity index (χ3v) is 7.49. The lowest BCUT2D eigenvalue weighted by atomic mass is 9.93. The van der Waals surface area contributed by atoms with E-state index in [1.807, 2.05) is 49.4 Å². The van der Waals surface area contributed by atoms with Gasteiger partial charge in [-0.2, -0.15) is 0 Å². The van der Waals surface area contributed by atoms with Gasteiger partial charge in [0.25, 0.3) is 5.78 Å². The maximum atomic E-state index is 13.4. The van der Waals surface area contributed by atoms with Crippen molar-refractivity contribution in [1.29, 1.82) is 0 Å². The van der Waals surface area contributed by atoms with Gasteiger partial charge >= 0.3 is 5.91 Å². The van der Waals surface area contributed by atoms with Crippen molar-refractivity contribution in [1.82, 2.24) is 4.98 Å². The predicted molar refractivity (Wildman–Crippen MR) is 141 cm³/mol. The molecule has 35 heavy (non-hydrogen) atoms. The molecule has 2 heterocycles. The molecule has 176 valence electrons. The van der Waals surface area contributed by atoms with Crippen molar-refractivity contribution in [3.63, 3.8) is 0 Å². The lowest BCUT2D eigenvalue weighted by molar-refractivity contribution is -0.132. The lowest BCUT2D eigenvalue weighted by Crippen LogP contribution is -2.29. The zero-order valence-electron chi connectivity index (χ0n) is 19.4. The number of hydrogen-bond acceptors (Lipinski definition) is 5. The molecule has 3 aromatic carbocycles. The average molecular weight is 503 g/mol. The van der Waals surface area contributed by atoms with Crippen LogP contribution in [0, 0.1) is 6.92 Å². The Hall–Kier alpha value is -3.48. The van der Waals surface area contributed by atoms with E-state index in [1.54, 1.807) is 24.3 Å². The van der Waals surface area contributed by atoms with E-state index in [1.165, 1.54) is 16.2 Å². The Morgan fingerprint density at radius 1 is 1.03 bits per heavy atom. The summed E-state index contributed by atoms with van der Waals surface area (Å²) in [6.45, 7) is 6.20. The molecular weight excluding hydrogens is 480 g/mol. The number of halogens is 1. The fraction of sp³-hybridized carbons (Fsp3) is 0.179. The maximum absolute atomic E-state index is 13.4. The number of fused-ring (bicyclic) bond motifs is 1. The van der Waals surface area contributed by atoms with Crippen LogP contribution >= 0.6 is 22.9 Å². The molecule has 4 aromatic rings. The molecule has 1 saturated heterocycles. The Morgan fingerprint density at radius 2 is 1.71 bits per heavy atom. The summed E-state index contributed by atoms with van der Waals surface area (Å²) in [4.78, 5) is 32.8. The summed E-state index contributed by atoms with van der Waals surface area (Å²) in [7, 11) is 0. The molecule has 5 nitrogen and oxygen atoms in total. The molecular formula is C28H23ClN2O3S. The van der Waals surface area contributed by atoms with Gasteiger partial charge in [0.2, 0.25) is 0 Å². The Labute approximate surface area is 212 Å². The molecule has 1 aliphatic heterocycles. The molecule has 0 radical (unpaired) electrons. The summed E-state index contributed by atoms with van der Waals surface area (Å²) in [5.41, 5.74) is 4.14. The molecule has 1 atom stereocenters. The minimum absolute atomic E-state index is 0.0325. The number of carbonyl (C=O) groups excluding carboxylic acids is 2. The van der Waals surface area contributed by atoms with Gasteiger partial charge in [0.05, 0.1) is 21.8 Å². The van der Waals surface area contributed by atoms with Crippen LogP contribution in [0.5, 0.6) is 0 Å². The van der Waals surface area contributed by atoms with Gasteiger partial charge in [0.15, 0.2) is 5.13 Å². The number of aryl methyl sites for hydroxylation is 1. The number of rotatable bonds is 4. The van der Waals surface area contributed by atoms with Crippen molar-refractivity contribution >= 4 is 55.7 Å². The van der Waals surface area contributed by atoms with Crippen LogP contribution in [0.1, 0.15) is 48.1 Å². The number of nitrogens with zero attached hydrogens (tertiary/aromatic N) is 2. The third kappa shape index (κ3) is 4.13. The number of aliphatic hydroxyl groups is 1. The summed E-state index contributed by atoms with van der Waals surface area (Å²) in [5.74, 6) is -1.37. The number of ketones is 1. The number of benzene rings is 3. The second-order valence-electron chi connectivity index (χ2n) is 8.96. The maximum Gasteiger partial charge on any atom is 0.301 e. The van der Waals surface area contributed by atoms with Crippen LogP contribution in [0.25, 0.3) is 16.0 Å². The molecule has 0 saturated carbocycles. The van der Waals surface area contributed by atoms with E-state index in [9.17, 15) is 14.7 Å². The summed E-state index contributed by atoms with van der Waals surface area (Å²) in [5, 5.41) is 12.2. The first kappa shape index (κ1) is 23.3. The molecule has 1 amide bonds. The summed E-state index contributed by atoms with van der Waals surface area (Å²) >= 11 is 7.36. The van der Waals surface area contributed by atoms with Crippen molar-refractivity contribution < 1.29 is 14.7 Å². The summed E-state index contributed by atoms with van der Waals surface area (Å²) < 4.78 is 0.925. The highest BCUT2D eigenvalue weighted by Gasteiger charge is 2.48. The first-order chi connectivity index (χ1) is 16.7. The minimum atomic E-state index is -0.812. The lowest BCUT2D eigenvalue weighted by Gasteiger charge is -2.23. The van der Waals surface area contributed by atoms with Crippen LogP contribution in [0.3, 0.4) is 0 Å². The van der Waals surface area contributed by atoms with Crippen LogP contribution in [-0.4, -0.2) is 21.8 Å². The first-order valence-corrected chi connectivity index (χ1v) is 12.5. The summed E-state index contributed by atoms with van der Waals surface area (Å²) in [6.07, 6.45) is 0. The smallest absolute Gasteiger partial charge is 0.301 e. The van der Waals surface area contributed by atoms with Crippen LogP contribution < -0.4 is 4.90 Å². The highest BCUT2D eigenvalue weighted by molar-refractivity contribution is 7.22. The number of amides is 1. The molecule has 7 heteroatoms. The Bertz CT molecular complexity index is 1490. The van der Waals surface area contributed by atoms with Gasteiger partial charge in [-0.3, -0.25) is 14.5 Å². The molecule has 1 N–H and O–H groups in total. The zero-order valence-corrected chi connectivity index (χ0v) is 21.0. The molecule has 0 spiro atoms. The van der Waals surface area contributed by atoms with Crippen molar-refractivity contribution in [2.45, 2.75) is 32.7 Å². The quantitative estimate of drug-likeness (QED) is 0.185. The molecule has 0 aliphatic carbocycles. The molecule has 5 rings (SSSR count). The van der Waals surface area contributed by atoms with Crippen molar-refractivity contribution in [3.05, 3.63) is 99.6 Å².